The van der Waals surface area contributed by atoms with Crippen LogP contribution in [0, 0.1) is 0 Å². The predicted octanol–water partition coefficient (Wildman–Crippen LogP) is 1.14. The highest BCUT2D eigenvalue weighted by Crippen LogP contribution is 2.17. The van der Waals surface area contributed by atoms with Crippen LogP contribution in [0.2, 0.25) is 0 Å². The summed E-state index contributed by atoms with van der Waals surface area (Å²) in [6, 6.07) is 6.52. The smallest absolute Gasteiger partial charge is 0.337 e. The lowest BCUT2D eigenvalue weighted by molar-refractivity contribution is 0.0600. The summed E-state index contributed by atoms with van der Waals surface area (Å²) in [4.78, 5) is 11.3. The highest BCUT2D eigenvalue weighted by atomic mass is 32.2. The van der Waals surface area contributed by atoms with Crippen molar-refractivity contribution in [3.63, 3.8) is 0 Å². The zero-order valence-corrected chi connectivity index (χ0v) is 12.3. The summed E-state index contributed by atoms with van der Waals surface area (Å²) in [7, 11) is -1.84. The Morgan fingerprint density at radius 2 is 2.05 bits per heavy atom. The minimum Gasteiger partial charge on any atom is -0.465 e. The summed E-state index contributed by atoms with van der Waals surface area (Å²) in [6.45, 7) is 1.42. The number of rotatable bonds is 4. The monoisotopic (exact) mass is 297 g/mol. The SMILES string of the molecule is COC(=O)c1ccc(CS(=O)(=O)C2CCCNC2)cc1. The first-order chi connectivity index (χ1) is 9.53. The van der Waals surface area contributed by atoms with Gasteiger partial charge in [0.25, 0.3) is 0 Å². The van der Waals surface area contributed by atoms with Gasteiger partial charge < -0.3 is 10.1 Å². The second-order valence-electron chi connectivity index (χ2n) is 4.96. The van der Waals surface area contributed by atoms with Gasteiger partial charge >= 0.3 is 5.97 Å². The van der Waals surface area contributed by atoms with Gasteiger partial charge in [-0.15, -0.1) is 0 Å². The first-order valence-electron chi connectivity index (χ1n) is 6.62. The molecule has 1 N–H and O–H groups in total. The van der Waals surface area contributed by atoms with Gasteiger partial charge in [-0.25, -0.2) is 13.2 Å². The predicted molar refractivity (Wildman–Crippen MR) is 76.3 cm³/mol. The molecule has 6 heteroatoms. The Morgan fingerprint density at radius 3 is 2.60 bits per heavy atom. The molecule has 0 saturated carbocycles. The summed E-state index contributed by atoms with van der Waals surface area (Å²) in [6.07, 6.45) is 1.61. The topological polar surface area (TPSA) is 72.5 Å². The van der Waals surface area contributed by atoms with Crippen LogP contribution in [0.25, 0.3) is 0 Å². The minimum absolute atomic E-state index is 0.0147. The summed E-state index contributed by atoms with van der Waals surface area (Å²) in [5, 5.41) is 2.81. The number of carbonyl (C=O) groups excluding carboxylic acids is 1. The molecule has 1 saturated heterocycles. The standard InChI is InChI=1S/C14H19NO4S/c1-19-14(16)12-6-4-11(5-7-12)10-20(17,18)13-3-2-8-15-9-13/h4-7,13,15H,2-3,8-10H2,1H3. The third-order valence-corrected chi connectivity index (χ3v) is 5.66. The van der Waals surface area contributed by atoms with Crippen LogP contribution in [-0.4, -0.2) is 39.8 Å². The third-order valence-electron chi connectivity index (χ3n) is 3.50. The van der Waals surface area contributed by atoms with Crippen molar-refractivity contribution in [3.05, 3.63) is 35.4 Å². The number of esters is 1. The number of methoxy groups -OCH3 is 1. The summed E-state index contributed by atoms with van der Waals surface area (Å²) < 4.78 is 29.2. The highest BCUT2D eigenvalue weighted by Gasteiger charge is 2.27. The number of sulfone groups is 1. The van der Waals surface area contributed by atoms with Crippen molar-refractivity contribution in [3.8, 4) is 0 Å². The molecule has 20 heavy (non-hydrogen) atoms. The van der Waals surface area contributed by atoms with Gasteiger partial charge in [0.05, 0.1) is 23.7 Å². The molecule has 0 aromatic heterocycles. The van der Waals surface area contributed by atoms with E-state index in [-0.39, 0.29) is 11.0 Å². The van der Waals surface area contributed by atoms with Crippen molar-refractivity contribution in [1.29, 1.82) is 0 Å². The normalized spacial score (nSPS) is 19.6. The van der Waals surface area contributed by atoms with E-state index in [0.717, 1.165) is 19.4 Å². The van der Waals surface area contributed by atoms with Gasteiger partial charge in [0.15, 0.2) is 9.84 Å². The van der Waals surface area contributed by atoms with Gasteiger partial charge in [-0.2, -0.15) is 0 Å². The van der Waals surface area contributed by atoms with Crippen LogP contribution < -0.4 is 5.32 Å². The van der Waals surface area contributed by atoms with Crippen LogP contribution in [0.5, 0.6) is 0 Å². The summed E-state index contributed by atoms with van der Waals surface area (Å²) in [5.41, 5.74) is 1.12. The van der Waals surface area contributed by atoms with Gasteiger partial charge in [-0.3, -0.25) is 0 Å². The molecule has 1 unspecified atom stereocenters. The van der Waals surface area contributed by atoms with Gasteiger partial charge in [0.2, 0.25) is 0 Å². The van der Waals surface area contributed by atoms with E-state index in [1.165, 1.54) is 7.11 Å². The molecule has 0 aliphatic carbocycles. The molecule has 0 spiro atoms. The number of ether oxygens (including phenoxy) is 1. The molecule has 1 aliphatic heterocycles. The van der Waals surface area contributed by atoms with Gasteiger partial charge in [-0.05, 0) is 37.1 Å². The van der Waals surface area contributed by atoms with Crippen LogP contribution in [0.4, 0.5) is 0 Å². The van der Waals surface area contributed by atoms with Crippen molar-refractivity contribution in [2.24, 2.45) is 0 Å². The van der Waals surface area contributed by atoms with E-state index in [0.29, 0.717) is 17.7 Å². The Morgan fingerprint density at radius 1 is 1.35 bits per heavy atom. The van der Waals surface area contributed by atoms with Crippen molar-refractivity contribution in [2.45, 2.75) is 23.8 Å². The number of benzene rings is 1. The van der Waals surface area contributed by atoms with Crippen molar-refractivity contribution in [2.75, 3.05) is 20.2 Å². The number of hydrogen-bond acceptors (Lipinski definition) is 5. The van der Waals surface area contributed by atoms with Crippen LogP contribution in [0.15, 0.2) is 24.3 Å². The van der Waals surface area contributed by atoms with Crippen molar-refractivity contribution in [1.82, 2.24) is 5.32 Å². The Balaban J connectivity index is 2.07. The molecule has 1 aromatic rings. The molecular weight excluding hydrogens is 278 g/mol. The van der Waals surface area contributed by atoms with Crippen molar-refractivity contribution >= 4 is 15.8 Å². The van der Waals surface area contributed by atoms with E-state index < -0.39 is 15.8 Å². The second-order valence-corrected chi connectivity index (χ2v) is 7.25. The zero-order valence-electron chi connectivity index (χ0n) is 11.5. The van der Waals surface area contributed by atoms with E-state index in [9.17, 15) is 13.2 Å². The fraction of sp³-hybridized carbons (Fsp3) is 0.500. The number of hydrogen-bond donors (Lipinski definition) is 1. The van der Waals surface area contributed by atoms with Crippen LogP contribution >= 0.6 is 0 Å². The molecule has 1 atom stereocenters. The second kappa shape index (κ2) is 6.37. The van der Waals surface area contributed by atoms with Gasteiger partial charge in [-0.1, -0.05) is 12.1 Å². The molecule has 110 valence electrons. The lowest BCUT2D eigenvalue weighted by Crippen LogP contribution is -2.39. The Bertz CT molecular complexity index is 559. The van der Waals surface area contributed by atoms with E-state index in [1.54, 1.807) is 24.3 Å². The Hall–Kier alpha value is -1.40. The molecule has 2 rings (SSSR count). The molecule has 1 aliphatic rings. The molecule has 0 amide bonds. The maximum Gasteiger partial charge on any atom is 0.337 e. The largest absolute Gasteiger partial charge is 0.465 e. The van der Waals surface area contributed by atoms with Gasteiger partial charge in [0, 0.05) is 6.54 Å². The van der Waals surface area contributed by atoms with Crippen molar-refractivity contribution < 1.29 is 17.9 Å². The third kappa shape index (κ3) is 3.58. The number of carbonyl (C=O) groups is 1. The summed E-state index contributed by atoms with van der Waals surface area (Å²) >= 11 is 0. The number of nitrogens with one attached hydrogen (secondary N) is 1. The number of piperidine rings is 1. The lowest BCUT2D eigenvalue weighted by atomic mass is 10.1. The average molecular weight is 297 g/mol. The van der Waals surface area contributed by atoms with Crippen LogP contribution in [-0.2, 0) is 20.3 Å². The van der Waals surface area contributed by atoms with E-state index in [2.05, 4.69) is 10.1 Å². The van der Waals surface area contributed by atoms with E-state index in [1.807, 2.05) is 0 Å². The Labute approximate surface area is 119 Å². The molecule has 1 aromatic carbocycles. The molecule has 0 bridgehead atoms. The fourth-order valence-corrected chi connectivity index (χ4v) is 4.12. The molecule has 0 radical (unpaired) electrons. The maximum absolute atomic E-state index is 12.3. The van der Waals surface area contributed by atoms with E-state index in [4.69, 9.17) is 0 Å². The molecule has 5 nitrogen and oxygen atoms in total. The first-order valence-corrected chi connectivity index (χ1v) is 8.34. The zero-order chi connectivity index (χ0) is 14.6. The van der Waals surface area contributed by atoms with Crippen LogP contribution in [0.1, 0.15) is 28.8 Å². The molecule has 1 heterocycles. The summed E-state index contributed by atoms with van der Waals surface area (Å²) in [5.74, 6) is -0.406. The van der Waals surface area contributed by atoms with Crippen LogP contribution in [0.3, 0.4) is 0 Å². The molecular formula is C14H19NO4S. The lowest BCUT2D eigenvalue weighted by Gasteiger charge is -2.22. The minimum atomic E-state index is -3.15. The molecule has 1 fully saturated rings. The van der Waals surface area contributed by atoms with Gasteiger partial charge in [0.1, 0.15) is 0 Å². The maximum atomic E-state index is 12.3. The quantitative estimate of drug-likeness (QED) is 0.844. The highest BCUT2D eigenvalue weighted by molar-refractivity contribution is 7.91. The van der Waals surface area contributed by atoms with E-state index >= 15 is 0 Å². The first kappa shape index (κ1) is 15.0. The fourth-order valence-electron chi connectivity index (χ4n) is 2.33. The average Bonchev–Trinajstić information content (AvgIpc) is 2.48. The Kier molecular flexibility index (Phi) is 4.77.